The Morgan fingerprint density at radius 2 is 2.00 bits per heavy atom. The van der Waals surface area contributed by atoms with Crippen LogP contribution < -0.4 is 4.18 Å². The van der Waals surface area contributed by atoms with Gasteiger partial charge in [0.05, 0.1) is 11.7 Å². The first kappa shape index (κ1) is 12.6. The van der Waals surface area contributed by atoms with Crippen molar-refractivity contribution in [3.63, 3.8) is 0 Å². The first-order chi connectivity index (χ1) is 8.21. The largest absolute Gasteiger partial charge is 0.534 e. The summed E-state index contributed by atoms with van der Waals surface area (Å²) < 4.78 is 62.7. The maximum absolute atomic E-state index is 12.1. The number of fused-ring (bicyclic) bond motifs is 1. The Labute approximate surface area is 99.1 Å². The number of rotatable bonds is 2. The minimum atomic E-state index is -5.75. The first-order valence-corrected chi connectivity index (χ1v) is 5.94. The third-order valence-corrected chi connectivity index (χ3v) is 2.97. The van der Waals surface area contributed by atoms with Crippen molar-refractivity contribution in [1.29, 1.82) is 0 Å². The second kappa shape index (κ2) is 3.83. The summed E-state index contributed by atoms with van der Waals surface area (Å²) in [4.78, 5) is 3.39. The quantitative estimate of drug-likeness (QED) is 0.612. The van der Waals surface area contributed by atoms with Crippen LogP contribution in [0.4, 0.5) is 13.2 Å². The van der Waals surface area contributed by atoms with Gasteiger partial charge in [0.25, 0.3) is 0 Å². The van der Waals surface area contributed by atoms with Crippen LogP contribution >= 0.6 is 0 Å². The van der Waals surface area contributed by atoms with E-state index in [1.807, 2.05) is 0 Å². The summed E-state index contributed by atoms with van der Waals surface area (Å²) >= 11 is 0. The first-order valence-electron chi connectivity index (χ1n) is 4.53. The molecule has 0 atom stereocenters. The fourth-order valence-corrected chi connectivity index (χ4v) is 1.57. The molecule has 0 aliphatic heterocycles. The highest BCUT2D eigenvalue weighted by Gasteiger charge is 2.49. The monoisotopic (exact) mass is 281 g/mol. The molecule has 0 amide bonds. The van der Waals surface area contributed by atoms with Crippen LogP contribution in [0.5, 0.6) is 6.01 Å². The number of halogens is 3. The van der Waals surface area contributed by atoms with Gasteiger partial charge in [-0.15, -0.1) is 5.10 Å². The lowest BCUT2D eigenvalue weighted by Gasteiger charge is -2.07. The van der Waals surface area contributed by atoms with Gasteiger partial charge in [-0.25, -0.2) is 4.52 Å². The molecule has 0 saturated carbocycles. The van der Waals surface area contributed by atoms with E-state index in [-0.39, 0.29) is 0 Å². The zero-order valence-corrected chi connectivity index (χ0v) is 9.66. The molecule has 0 fully saturated rings. The van der Waals surface area contributed by atoms with Crippen LogP contribution in [-0.2, 0) is 10.1 Å². The third-order valence-electron chi connectivity index (χ3n) is 2.03. The molecule has 6 nitrogen and oxygen atoms in total. The van der Waals surface area contributed by atoms with Crippen molar-refractivity contribution in [3.05, 3.63) is 24.0 Å². The summed E-state index contributed by atoms with van der Waals surface area (Å²) in [5.74, 6) is 0. The topological polar surface area (TPSA) is 73.6 Å². The van der Waals surface area contributed by atoms with Gasteiger partial charge in [0.2, 0.25) is 0 Å². The van der Waals surface area contributed by atoms with Gasteiger partial charge in [0, 0.05) is 5.69 Å². The molecular formula is C8H6F3N3O3S. The highest BCUT2D eigenvalue weighted by Crippen LogP contribution is 2.25. The van der Waals surface area contributed by atoms with Crippen molar-refractivity contribution < 1.29 is 25.8 Å². The van der Waals surface area contributed by atoms with Gasteiger partial charge in [0.15, 0.2) is 0 Å². The predicted octanol–water partition coefficient (Wildman–Crippen LogP) is 1.27. The molecule has 2 heterocycles. The normalized spacial score (nSPS) is 12.9. The number of alkyl halides is 3. The molecule has 18 heavy (non-hydrogen) atoms. The van der Waals surface area contributed by atoms with Crippen LogP contribution in [-0.4, -0.2) is 28.5 Å². The lowest BCUT2D eigenvalue weighted by molar-refractivity contribution is -0.0503. The second-order valence-corrected chi connectivity index (χ2v) is 4.87. The van der Waals surface area contributed by atoms with E-state index in [9.17, 15) is 21.6 Å². The molecule has 2 aromatic rings. The van der Waals surface area contributed by atoms with Gasteiger partial charge in [-0.2, -0.15) is 26.6 Å². The lowest BCUT2D eigenvalue weighted by Crippen LogP contribution is -2.28. The Balaban J connectivity index is 2.41. The van der Waals surface area contributed by atoms with E-state index in [1.54, 1.807) is 19.1 Å². The van der Waals surface area contributed by atoms with Gasteiger partial charge >= 0.3 is 21.6 Å². The van der Waals surface area contributed by atoms with Gasteiger partial charge in [-0.3, -0.25) is 0 Å². The zero-order chi connectivity index (χ0) is 13.6. The maximum atomic E-state index is 12.1. The summed E-state index contributed by atoms with van der Waals surface area (Å²) in [6.45, 7) is 1.64. The van der Waals surface area contributed by atoms with Crippen LogP contribution in [0.3, 0.4) is 0 Å². The van der Waals surface area contributed by atoms with Crippen LogP contribution in [0, 0.1) is 6.92 Å². The number of hydrogen-bond donors (Lipinski definition) is 0. The van der Waals surface area contributed by atoms with Crippen molar-refractivity contribution in [1.82, 2.24) is 14.6 Å². The van der Waals surface area contributed by atoms with Gasteiger partial charge < -0.3 is 4.18 Å². The van der Waals surface area contributed by atoms with Gasteiger partial charge in [0.1, 0.15) is 0 Å². The fraction of sp³-hybridized carbons (Fsp3) is 0.250. The van der Waals surface area contributed by atoms with E-state index in [2.05, 4.69) is 14.3 Å². The number of aromatic nitrogens is 3. The highest BCUT2D eigenvalue weighted by atomic mass is 32.2. The molecule has 98 valence electrons. The van der Waals surface area contributed by atoms with Gasteiger partial charge in [-0.05, 0) is 19.1 Å². The lowest BCUT2D eigenvalue weighted by atomic mass is 10.5. The fourth-order valence-electron chi connectivity index (χ4n) is 1.20. The smallest absolute Gasteiger partial charge is 0.335 e. The van der Waals surface area contributed by atoms with Crippen molar-refractivity contribution in [2.75, 3.05) is 0 Å². The molecule has 10 heteroatoms. The van der Waals surface area contributed by atoms with E-state index < -0.39 is 21.6 Å². The standard InChI is InChI=1S/C8H6F3N3O3S/c1-5-2-3-6-4-12-7(13-14(5)6)17-18(15,16)8(9,10)11/h2-4H,1H3. The summed E-state index contributed by atoms with van der Waals surface area (Å²) in [6.07, 6.45) is 1.15. The molecule has 0 aliphatic carbocycles. The van der Waals surface area contributed by atoms with E-state index in [0.717, 1.165) is 6.20 Å². The maximum Gasteiger partial charge on any atom is 0.534 e. The number of hydrogen-bond acceptors (Lipinski definition) is 5. The average molecular weight is 281 g/mol. The summed E-state index contributed by atoms with van der Waals surface area (Å²) in [6, 6.07) is 2.38. The van der Waals surface area contributed by atoms with Crippen molar-refractivity contribution in [2.24, 2.45) is 0 Å². The molecule has 2 aromatic heterocycles. The Hall–Kier alpha value is -1.84. The van der Waals surface area contributed by atoms with Crippen LogP contribution in [0.1, 0.15) is 5.69 Å². The molecule has 0 spiro atoms. The molecule has 0 aromatic carbocycles. The average Bonchev–Trinajstić information content (AvgIpc) is 2.58. The van der Waals surface area contributed by atoms with Crippen molar-refractivity contribution >= 4 is 15.6 Å². The van der Waals surface area contributed by atoms with E-state index in [4.69, 9.17) is 0 Å². The Bertz CT molecular complexity index is 692. The van der Waals surface area contributed by atoms with Crippen molar-refractivity contribution in [3.8, 4) is 6.01 Å². The minimum absolute atomic E-state index is 0.504. The summed E-state index contributed by atoms with van der Waals surface area (Å²) in [5.41, 5.74) is -4.41. The molecule has 0 unspecified atom stereocenters. The van der Waals surface area contributed by atoms with Crippen LogP contribution in [0.2, 0.25) is 0 Å². The number of aryl methyl sites for hydroxylation is 1. The van der Waals surface area contributed by atoms with Crippen LogP contribution in [0.15, 0.2) is 18.3 Å². The van der Waals surface area contributed by atoms with E-state index in [0.29, 0.717) is 11.2 Å². The molecular weight excluding hydrogens is 275 g/mol. The number of nitrogens with zero attached hydrogens (tertiary/aromatic N) is 3. The summed E-state index contributed by atoms with van der Waals surface area (Å²) in [7, 11) is -5.75. The highest BCUT2D eigenvalue weighted by molar-refractivity contribution is 7.87. The predicted molar refractivity (Wildman–Crippen MR) is 53.3 cm³/mol. The van der Waals surface area contributed by atoms with E-state index in [1.165, 1.54) is 4.52 Å². The molecule has 0 N–H and O–H groups in total. The molecule has 0 radical (unpaired) electrons. The Morgan fingerprint density at radius 3 is 2.61 bits per heavy atom. The third kappa shape index (κ3) is 2.10. The minimum Gasteiger partial charge on any atom is -0.335 e. The zero-order valence-electron chi connectivity index (χ0n) is 8.84. The van der Waals surface area contributed by atoms with E-state index >= 15 is 0 Å². The Kier molecular flexibility index (Phi) is 2.69. The Morgan fingerprint density at radius 1 is 1.33 bits per heavy atom. The molecule has 2 rings (SSSR count). The molecule has 0 aliphatic rings. The molecule has 0 bridgehead atoms. The molecule has 0 saturated heterocycles. The van der Waals surface area contributed by atoms with Crippen molar-refractivity contribution in [2.45, 2.75) is 12.4 Å². The van der Waals surface area contributed by atoms with Gasteiger partial charge in [-0.1, -0.05) is 0 Å². The SMILES string of the molecule is Cc1ccc2cnc(OS(=O)(=O)C(F)(F)F)nn12. The summed E-state index contributed by atoms with van der Waals surface area (Å²) in [5, 5.41) is 3.54. The second-order valence-electron chi connectivity index (χ2n) is 3.34. The van der Waals surface area contributed by atoms with Crippen LogP contribution in [0.25, 0.3) is 5.52 Å².